The number of rotatable bonds is 1. The molecule has 0 radical (unpaired) electrons. The van der Waals surface area contributed by atoms with E-state index in [2.05, 4.69) is 0 Å². The van der Waals surface area contributed by atoms with Crippen LogP contribution in [0.4, 0.5) is 0 Å². The summed E-state index contributed by atoms with van der Waals surface area (Å²) in [4.78, 5) is 10.5. The Kier molecular flexibility index (Phi) is 2.48. The van der Waals surface area contributed by atoms with Gasteiger partial charge in [-0.3, -0.25) is 0 Å². The quantitative estimate of drug-likeness (QED) is 0.645. The van der Waals surface area contributed by atoms with Crippen molar-refractivity contribution in [2.24, 2.45) is 0 Å². The molecule has 0 heterocycles. The third kappa shape index (κ3) is 1.84. The molecule has 0 fully saturated rings. The number of aliphatic carboxylic acids is 1. The molecule has 0 saturated heterocycles. The lowest BCUT2D eigenvalue weighted by atomic mass is 9.99. The second kappa shape index (κ2) is 3.39. The van der Waals surface area contributed by atoms with E-state index in [0.717, 1.165) is 6.42 Å². The van der Waals surface area contributed by atoms with Gasteiger partial charge in [-0.2, -0.15) is 0 Å². The van der Waals surface area contributed by atoms with Crippen LogP contribution in [0.2, 0.25) is 0 Å². The lowest BCUT2D eigenvalue weighted by Gasteiger charge is -2.07. The lowest BCUT2D eigenvalue weighted by molar-refractivity contribution is -0.132. The Morgan fingerprint density at radius 1 is 1.42 bits per heavy atom. The molecule has 12 heavy (non-hydrogen) atoms. The number of carboxylic acids is 1. The molecule has 2 heteroatoms. The summed E-state index contributed by atoms with van der Waals surface area (Å²) < 4.78 is 0. The summed E-state index contributed by atoms with van der Waals surface area (Å²) in [7, 11) is 0. The molecule has 2 nitrogen and oxygen atoms in total. The molecular weight excluding hydrogens is 152 g/mol. The molecule has 0 atom stereocenters. The van der Waals surface area contributed by atoms with E-state index < -0.39 is 5.97 Å². The smallest absolute Gasteiger partial charge is 0.335 e. The maximum atomic E-state index is 10.5. The number of carbonyl (C=O) groups is 1. The summed E-state index contributed by atoms with van der Waals surface area (Å²) in [5.74, 6) is -0.848. The van der Waals surface area contributed by atoms with E-state index in [1.54, 1.807) is 12.2 Å². The first-order chi connectivity index (χ1) is 5.61. The molecule has 1 aliphatic carbocycles. The predicted molar refractivity (Wildman–Crippen MR) is 47.8 cm³/mol. The summed E-state index contributed by atoms with van der Waals surface area (Å²) in [6, 6.07) is 0. The highest BCUT2D eigenvalue weighted by Gasteiger charge is 2.07. The molecule has 0 aromatic rings. The Hall–Kier alpha value is -1.31. The van der Waals surface area contributed by atoms with E-state index in [-0.39, 0.29) is 0 Å². The van der Waals surface area contributed by atoms with Gasteiger partial charge in [-0.15, -0.1) is 0 Å². The molecule has 0 bridgehead atoms. The zero-order valence-electron chi connectivity index (χ0n) is 7.29. The van der Waals surface area contributed by atoms with Crippen molar-refractivity contribution in [2.45, 2.75) is 20.3 Å². The van der Waals surface area contributed by atoms with Crippen molar-refractivity contribution in [1.29, 1.82) is 0 Å². The zero-order chi connectivity index (χ0) is 9.14. The maximum absolute atomic E-state index is 10.5. The first-order valence-electron chi connectivity index (χ1n) is 3.89. The Labute approximate surface area is 71.9 Å². The lowest BCUT2D eigenvalue weighted by Crippen LogP contribution is -2.00. The highest BCUT2D eigenvalue weighted by molar-refractivity contribution is 5.90. The SMILES string of the molecule is CC(C)=C1C=CC(C(=O)O)=CC1. The molecule has 0 spiro atoms. The van der Waals surface area contributed by atoms with Gasteiger partial charge in [0.25, 0.3) is 0 Å². The van der Waals surface area contributed by atoms with Gasteiger partial charge < -0.3 is 5.11 Å². The van der Waals surface area contributed by atoms with Crippen LogP contribution in [-0.4, -0.2) is 11.1 Å². The third-order valence-corrected chi connectivity index (χ3v) is 1.90. The van der Waals surface area contributed by atoms with Crippen LogP contribution in [0.1, 0.15) is 20.3 Å². The Morgan fingerprint density at radius 3 is 2.42 bits per heavy atom. The highest BCUT2D eigenvalue weighted by atomic mass is 16.4. The monoisotopic (exact) mass is 164 g/mol. The van der Waals surface area contributed by atoms with Crippen LogP contribution >= 0.6 is 0 Å². The van der Waals surface area contributed by atoms with Gasteiger partial charge in [0, 0.05) is 0 Å². The fraction of sp³-hybridized carbons (Fsp3) is 0.300. The summed E-state index contributed by atoms with van der Waals surface area (Å²) in [6.45, 7) is 4.05. The Bertz CT molecular complexity index is 289. The predicted octanol–water partition coefficient (Wildman–Crippen LogP) is 2.29. The van der Waals surface area contributed by atoms with Crippen molar-refractivity contribution in [3.05, 3.63) is 34.9 Å². The number of allylic oxidation sites excluding steroid dienone is 4. The van der Waals surface area contributed by atoms with Gasteiger partial charge in [0.1, 0.15) is 0 Å². The molecule has 1 rings (SSSR count). The standard InChI is InChI=1S/C10H12O2/c1-7(2)8-3-5-9(6-4-8)10(11)12/h3,5-6H,4H2,1-2H3,(H,11,12). The van der Waals surface area contributed by atoms with Crippen molar-refractivity contribution in [3.63, 3.8) is 0 Å². The molecule has 1 aliphatic rings. The second-order valence-electron chi connectivity index (χ2n) is 3.03. The van der Waals surface area contributed by atoms with Crippen molar-refractivity contribution in [2.75, 3.05) is 0 Å². The zero-order valence-corrected chi connectivity index (χ0v) is 7.29. The van der Waals surface area contributed by atoms with Gasteiger partial charge in [0.05, 0.1) is 5.57 Å². The Balaban J connectivity index is 2.82. The van der Waals surface area contributed by atoms with Gasteiger partial charge in [-0.1, -0.05) is 17.7 Å². The van der Waals surface area contributed by atoms with E-state index >= 15 is 0 Å². The molecule has 1 N–H and O–H groups in total. The molecule has 64 valence electrons. The molecule has 0 saturated carbocycles. The molecule has 0 unspecified atom stereocenters. The van der Waals surface area contributed by atoms with Crippen molar-refractivity contribution < 1.29 is 9.90 Å². The van der Waals surface area contributed by atoms with Crippen LogP contribution in [0, 0.1) is 0 Å². The number of hydrogen-bond donors (Lipinski definition) is 1. The minimum atomic E-state index is -0.848. The largest absolute Gasteiger partial charge is 0.478 e. The third-order valence-electron chi connectivity index (χ3n) is 1.90. The van der Waals surface area contributed by atoms with Crippen LogP contribution in [-0.2, 0) is 4.79 Å². The van der Waals surface area contributed by atoms with Gasteiger partial charge in [-0.25, -0.2) is 4.79 Å². The first-order valence-corrected chi connectivity index (χ1v) is 3.89. The topological polar surface area (TPSA) is 37.3 Å². The van der Waals surface area contributed by atoms with Crippen LogP contribution in [0.3, 0.4) is 0 Å². The van der Waals surface area contributed by atoms with E-state index in [4.69, 9.17) is 5.11 Å². The summed E-state index contributed by atoms with van der Waals surface area (Å²) in [5.41, 5.74) is 2.84. The van der Waals surface area contributed by atoms with Gasteiger partial charge >= 0.3 is 5.97 Å². The Morgan fingerprint density at radius 2 is 2.08 bits per heavy atom. The van der Waals surface area contributed by atoms with Crippen LogP contribution < -0.4 is 0 Å². The molecule has 0 aliphatic heterocycles. The number of carboxylic acid groups (broad SMARTS) is 1. The normalized spacial score (nSPS) is 15.8. The van der Waals surface area contributed by atoms with Gasteiger partial charge in [0.15, 0.2) is 0 Å². The second-order valence-corrected chi connectivity index (χ2v) is 3.03. The average molecular weight is 164 g/mol. The summed E-state index contributed by atoms with van der Waals surface area (Å²) in [6.07, 6.45) is 6.00. The van der Waals surface area contributed by atoms with Crippen LogP contribution in [0.15, 0.2) is 34.9 Å². The average Bonchev–Trinajstić information content (AvgIpc) is 2.04. The van der Waals surface area contributed by atoms with E-state index in [1.165, 1.54) is 11.1 Å². The number of hydrogen-bond acceptors (Lipinski definition) is 1. The molecular formula is C10H12O2. The van der Waals surface area contributed by atoms with E-state index in [1.807, 2.05) is 19.9 Å². The van der Waals surface area contributed by atoms with Crippen molar-refractivity contribution in [3.8, 4) is 0 Å². The minimum absolute atomic E-state index is 0.389. The molecule has 0 aromatic heterocycles. The van der Waals surface area contributed by atoms with Crippen molar-refractivity contribution in [1.82, 2.24) is 0 Å². The fourth-order valence-corrected chi connectivity index (χ4v) is 1.08. The van der Waals surface area contributed by atoms with E-state index in [9.17, 15) is 4.79 Å². The van der Waals surface area contributed by atoms with Gasteiger partial charge in [0.2, 0.25) is 0 Å². The van der Waals surface area contributed by atoms with Crippen LogP contribution in [0.5, 0.6) is 0 Å². The van der Waals surface area contributed by atoms with Crippen molar-refractivity contribution >= 4 is 5.97 Å². The summed E-state index contributed by atoms with van der Waals surface area (Å²) >= 11 is 0. The van der Waals surface area contributed by atoms with Crippen LogP contribution in [0.25, 0.3) is 0 Å². The highest BCUT2D eigenvalue weighted by Crippen LogP contribution is 2.18. The molecule has 0 aromatic carbocycles. The maximum Gasteiger partial charge on any atom is 0.335 e. The molecule has 0 amide bonds. The first kappa shape index (κ1) is 8.78. The van der Waals surface area contributed by atoms with E-state index in [0.29, 0.717) is 5.57 Å². The fourth-order valence-electron chi connectivity index (χ4n) is 1.08. The minimum Gasteiger partial charge on any atom is -0.478 e. The van der Waals surface area contributed by atoms with Gasteiger partial charge in [-0.05, 0) is 31.9 Å². The summed E-state index contributed by atoms with van der Waals surface area (Å²) in [5, 5.41) is 8.63.